The third kappa shape index (κ3) is 4.64. The summed E-state index contributed by atoms with van der Waals surface area (Å²) >= 11 is 0. The number of imide groups is 1. The number of carbonyl (C=O) groups is 3. The third-order valence-electron chi connectivity index (χ3n) is 4.48. The summed E-state index contributed by atoms with van der Waals surface area (Å²) in [5.41, 5.74) is 1.49. The number of benzene rings is 1. The van der Waals surface area contributed by atoms with Gasteiger partial charge in [-0.25, -0.2) is 4.79 Å². The highest BCUT2D eigenvalue weighted by Crippen LogP contribution is 2.22. The number of hydrogen-bond acceptors (Lipinski definition) is 5. The normalized spacial score (nSPS) is 16.0. The quantitative estimate of drug-likeness (QED) is 0.676. The number of para-hydroxylation sites is 1. The molecule has 1 fully saturated rings. The Morgan fingerprint density at radius 3 is 2.75 bits per heavy atom. The number of amides is 4. The van der Waals surface area contributed by atoms with Crippen LogP contribution in [0.5, 0.6) is 5.75 Å². The Hall–Kier alpha value is -3.42. The van der Waals surface area contributed by atoms with Gasteiger partial charge in [0.15, 0.2) is 0 Å². The molecule has 0 saturated carbocycles. The van der Waals surface area contributed by atoms with E-state index < -0.39 is 12.1 Å². The Balaban J connectivity index is 1.51. The van der Waals surface area contributed by atoms with Crippen LogP contribution in [-0.2, 0) is 22.7 Å². The average Bonchev–Trinajstić information content (AvgIpc) is 2.99. The van der Waals surface area contributed by atoms with Crippen molar-refractivity contribution in [3.8, 4) is 5.75 Å². The van der Waals surface area contributed by atoms with Gasteiger partial charge in [-0.05, 0) is 24.6 Å². The number of rotatable bonds is 8. The molecule has 8 nitrogen and oxygen atoms in total. The summed E-state index contributed by atoms with van der Waals surface area (Å²) in [5, 5.41) is 5.40. The Morgan fingerprint density at radius 2 is 2.00 bits per heavy atom. The van der Waals surface area contributed by atoms with E-state index in [-0.39, 0.29) is 31.2 Å². The zero-order valence-corrected chi connectivity index (χ0v) is 15.6. The predicted molar refractivity (Wildman–Crippen MR) is 101 cm³/mol. The molecule has 146 valence electrons. The molecule has 2 N–H and O–H groups in total. The van der Waals surface area contributed by atoms with Crippen molar-refractivity contribution < 1.29 is 19.1 Å². The molecule has 0 radical (unpaired) electrons. The minimum Gasteiger partial charge on any atom is -0.496 e. The van der Waals surface area contributed by atoms with Gasteiger partial charge in [-0.1, -0.05) is 24.3 Å². The van der Waals surface area contributed by atoms with E-state index in [4.69, 9.17) is 4.74 Å². The largest absolute Gasteiger partial charge is 0.496 e. The van der Waals surface area contributed by atoms with E-state index >= 15 is 0 Å². The van der Waals surface area contributed by atoms with Gasteiger partial charge in [0.05, 0.1) is 25.9 Å². The molecule has 1 aliphatic rings. The fraction of sp³-hybridized carbons (Fsp3) is 0.300. The Labute approximate surface area is 162 Å². The van der Waals surface area contributed by atoms with Crippen molar-refractivity contribution >= 4 is 17.8 Å². The first-order valence-corrected chi connectivity index (χ1v) is 8.99. The molecule has 0 spiro atoms. The minimum absolute atomic E-state index is 0.122. The van der Waals surface area contributed by atoms with Gasteiger partial charge in [-0.15, -0.1) is 0 Å². The van der Waals surface area contributed by atoms with Crippen molar-refractivity contribution in [3.63, 3.8) is 0 Å². The first-order chi connectivity index (χ1) is 13.6. The lowest BCUT2D eigenvalue weighted by Gasteiger charge is -2.15. The zero-order valence-electron chi connectivity index (χ0n) is 15.6. The first-order valence-electron chi connectivity index (χ1n) is 8.99. The van der Waals surface area contributed by atoms with E-state index in [9.17, 15) is 14.4 Å². The average molecular weight is 382 g/mol. The van der Waals surface area contributed by atoms with Gasteiger partial charge < -0.3 is 15.4 Å². The van der Waals surface area contributed by atoms with Crippen molar-refractivity contribution in [2.24, 2.45) is 0 Å². The molecule has 8 heteroatoms. The van der Waals surface area contributed by atoms with Crippen LogP contribution in [0.4, 0.5) is 4.79 Å². The molecule has 4 amide bonds. The van der Waals surface area contributed by atoms with E-state index in [0.29, 0.717) is 12.3 Å². The number of aromatic nitrogens is 1. The second-order valence-electron chi connectivity index (χ2n) is 6.37. The van der Waals surface area contributed by atoms with Gasteiger partial charge in [0, 0.05) is 18.2 Å². The molecule has 1 saturated heterocycles. The van der Waals surface area contributed by atoms with Crippen LogP contribution < -0.4 is 15.4 Å². The Kier molecular flexibility index (Phi) is 6.21. The zero-order chi connectivity index (χ0) is 19.9. The van der Waals surface area contributed by atoms with Crippen molar-refractivity contribution in [2.75, 3.05) is 7.11 Å². The van der Waals surface area contributed by atoms with Crippen LogP contribution >= 0.6 is 0 Å². The monoisotopic (exact) mass is 382 g/mol. The maximum Gasteiger partial charge on any atom is 0.325 e. The molecule has 1 aromatic carbocycles. The number of pyridine rings is 1. The molecular weight excluding hydrogens is 360 g/mol. The smallest absolute Gasteiger partial charge is 0.325 e. The standard InChI is InChI=1S/C20H22N4O4/c1-28-17-8-3-2-6-14(17)13-24-19(26)16(23-20(24)27)9-10-18(25)22-12-15-7-4-5-11-21-15/h2-8,11,16H,9-10,12-13H2,1H3,(H,22,25)(H,23,27)/t16-/m0/s1. The number of ether oxygens (including phenoxy) is 1. The van der Waals surface area contributed by atoms with Crippen molar-refractivity contribution in [2.45, 2.75) is 32.0 Å². The van der Waals surface area contributed by atoms with E-state index in [0.717, 1.165) is 16.2 Å². The number of urea groups is 1. The van der Waals surface area contributed by atoms with E-state index in [1.807, 2.05) is 24.3 Å². The maximum atomic E-state index is 12.6. The van der Waals surface area contributed by atoms with Crippen LogP contribution in [0.2, 0.25) is 0 Å². The van der Waals surface area contributed by atoms with Gasteiger partial charge in [0.25, 0.3) is 5.91 Å². The van der Waals surface area contributed by atoms with E-state index in [1.54, 1.807) is 24.4 Å². The van der Waals surface area contributed by atoms with E-state index in [1.165, 1.54) is 7.11 Å². The summed E-state index contributed by atoms with van der Waals surface area (Å²) in [6, 6.07) is 11.5. The Morgan fingerprint density at radius 1 is 1.21 bits per heavy atom. The van der Waals surface area contributed by atoms with Gasteiger partial charge in [0.1, 0.15) is 11.8 Å². The van der Waals surface area contributed by atoms with Gasteiger partial charge >= 0.3 is 6.03 Å². The fourth-order valence-corrected chi connectivity index (χ4v) is 2.98. The fourth-order valence-electron chi connectivity index (χ4n) is 2.98. The molecular formula is C20H22N4O4. The van der Waals surface area contributed by atoms with Gasteiger partial charge in [0.2, 0.25) is 5.91 Å². The van der Waals surface area contributed by atoms with Crippen molar-refractivity contribution in [1.29, 1.82) is 0 Å². The first kappa shape index (κ1) is 19.3. The summed E-state index contributed by atoms with van der Waals surface area (Å²) in [6.45, 7) is 0.446. The summed E-state index contributed by atoms with van der Waals surface area (Å²) in [5.74, 6) is 0.0739. The van der Waals surface area contributed by atoms with E-state index in [2.05, 4.69) is 15.6 Å². The lowest BCUT2D eigenvalue weighted by molar-refractivity contribution is -0.128. The van der Waals surface area contributed by atoms with Crippen molar-refractivity contribution in [3.05, 3.63) is 59.9 Å². The number of nitrogens with zero attached hydrogens (tertiary/aromatic N) is 2. The molecule has 0 aliphatic carbocycles. The lowest BCUT2D eigenvalue weighted by Crippen LogP contribution is -2.32. The highest BCUT2D eigenvalue weighted by Gasteiger charge is 2.38. The highest BCUT2D eigenvalue weighted by molar-refractivity contribution is 6.04. The summed E-state index contributed by atoms with van der Waals surface area (Å²) < 4.78 is 5.27. The summed E-state index contributed by atoms with van der Waals surface area (Å²) in [4.78, 5) is 42.1. The molecule has 3 rings (SSSR count). The predicted octanol–water partition coefficient (Wildman–Crippen LogP) is 1.61. The molecule has 0 bridgehead atoms. The molecule has 2 heterocycles. The highest BCUT2D eigenvalue weighted by atomic mass is 16.5. The SMILES string of the molecule is COc1ccccc1CN1C(=O)N[C@@H](CCC(=O)NCc2ccccn2)C1=O. The molecule has 2 aromatic rings. The van der Waals surface area contributed by atoms with Crippen molar-refractivity contribution in [1.82, 2.24) is 20.5 Å². The topological polar surface area (TPSA) is 101 Å². The molecule has 1 aliphatic heterocycles. The molecule has 1 aromatic heterocycles. The van der Waals surface area contributed by atoms with Gasteiger partial charge in [-0.3, -0.25) is 19.5 Å². The molecule has 1 atom stereocenters. The number of methoxy groups -OCH3 is 1. The number of nitrogens with one attached hydrogen (secondary N) is 2. The summed E-state index contributed by atoms with van der Waals surface area (Å²) in [7, 11) is 1.54. The molecule has 28 heavy (non-hydrogen) atoms. The number of hydrogen-bond donors (Lipinski definition) is 2. The molecule has 0 unspecified atom stereocenters. The summed E-state index contributed by atoms with van der Waals surface area (Å²) in [6.07, 6.45) is 2.03. The Bertz CT molecular complexity index is 856. The maximum absolute atomic E-state index is 12.6. The van der Waals surface area contributed by atoms with Crippen LogP contribution in [0, 0.1) is 0 Å². The second-order valence-corrected chi connectivity index (χ2v) is 6.37. The minimum atomic E-state index is -0.706. The second kappa shape index (κ2) is 8.98. The van der Waals surface area contributed by atoms with Gasteiger partial charge in [-0.2, -0.15) is 0 Å². The number of carbonyl (C=O) groups excluding carboxylic acids is 3. The van der Waals surface area contributed by atoms with Crippen LogP contribution in [0.1, 0.15) is 24.1 Å². The van der Waals surface area contributed by atoms with Crippen LogP contribution in [0.25, 0.3) is 0 Å². The van der Waals surface area contributed by atoms with Crippen LogP contribution in [-0.4, -0.2) is 40.9 Å². The van der Waals surface area contributed by atoms with Crippen LogP contribution in [0.15, 0.2) is 48.7 Å². The lowest BCUT2D eigenvalue weighted by atomic mass is 10.1. The van der Waals surface area contributed by atoms with Crippen LogP contribution in [0.3, 0.4) is 0 Å². The third-order valence-corrected chi connectivity index (χ3v) is 4.48.